The number of fused-ring (bicyclic) bond motifs is 1. The summed E-state index contributed by atoms with van der Waals surface area (Å²) in [6.45, 7) is 5.83. The average Bonchev–Trinajstić information content (AvgIpc) is 3.08. The molecule has 136 valence electrons. The highest BCUT2D eigenvalue weighted by molar-refractivity contribution is 5.62. The van der Waals surface area contributed by atoms with Crippen molar-refractivity contribution < 1.29 is 9.13 Å². The van der Waals surface area contributed by atoms with Crippen LogP contribution in [0.4, 0.5) is 4.39 Å². The fourth-order valence-corrected chi connectivity index (χ4v) is 3.38. The van der Waals surface area contributed by atoms with Crippen LogP contribution < -0.4 is 10.1 Å². The third-order valence-electron chi connectivity index (χ3n) is 4.95. The van der Waals surface area contributed by atoms with E-state index in [1.165, 1.54) is 12.6 Å². The Hall–Kier alpha value is -2.54. The molecule has 1 aliphatic rings. The van der Waals surface area contributed by atoms with E-state index in [0.717, 1.165) is 30.8 Å². The molecule has 3 aromatic heterocycles. The lowest BCUT2D eigenvalue weighted by Crippen LogP contribution is -2.38. The summed E-state index contributed by atoms with van der Waals surface area (Å²) in [5.41, 5.74) is 2.73. The number of halogens is 1. The average molecular weight is 355 g/mol. The summed E-state index contributed by atoms with van der Waals surface area (Å²) in [6, 6.07) is 5.46. The molecule has 1 N–H and O–H groups in total. The van der Waals surface area contributed by atoms with E-state index in [9.17, 15) is 4.39 Å². The maximum Gasteiger partial charge on any atom is 0.232 e. The van der Waals surface area contributed by atoms with Crippen molar-refractivity contribution >= 4 is 5.65 Å². The first kappa shape index (κ1) is 16.9. The number of aromatic nitrogens is 4. The highest BCUT2D eigenvalue weighted by Gasteiger charge is 2.22. The predicted octanol–water partition coefficient (Wildman–Crippen LogP) is 3.01. The van der Waals surface area contributed by atoms with Gasteiger partial charge >= 0.3 is 0 Å². The lowest BCUT2D eigenvalue weighted by molar-refractivity contribution is 0.124. The molecule has 2 unspecified atom stereocenters. The molecule has 2 atom stereocenters. The van der Waals surface area contributed by atoms with Crippen molar-refractivity contribution in [2.75, 3.05) is 13.1 Å². The highest BCUT2D eigenvalue weighted by atomic mass is 19.1. The van der Waals surface area contributed by atoms with Crippen LogP contribution in [-0.4, -0.2) is 38.8 Å². The Labute approximate surface area is 151 Å². The molecule has 4 rings (SSSR count). The zero-order chi connectivity index (χ0) is 18.1. The summed E-state index contributed by atoms with van der Waals surface area (Å²) < 4.78 is 21.3. The summed E-state index contributed by atoms with van der Waals surface area (Å²) in [7, 11) is 0. The van der Waals surface area contributed by atoms with Crippen LogP contribution in [-0.2, 0) is 0 Å². The number of piperidine rings is 1. The second kappa shape index (κ2) is 6.99. The number of pyridine rings is 1. The molecule has 0 spiro atoms. The van der Waals surface area contributed by atoms with E-state index < -0.39 is 5.95 Å². The van der Waals surface area contributed by atoms with Gasteiger partial charge < -0.3 is 10.1 Å². The summed E-state index contributed by atoms with van der Waals surface area (Å²) in [5.74, 6) is 0.573. The molecule has 6 nitrogen and oxygen atoms in total. The first-order chi connectivity index (χ1) is 12.6. The van der Waals surface area contributed by atoms with Crippen molar-refractivity contribution in [1.29, 1.82) is 0 Å². The number of aryl methyl sites for hydroxylation is 1. The number of nitrogens with zero attached hydrogens (tertiary/aromatic N) is 4. The van der Waals surface area contributed by atoms with E-state index in [4.69, 9.17) is 4.74 Å². The molecule has 0 bridgehead atoms. The lowest BCUT2D eigenvalue weighted by Gasteiger charge is -2.28. The van der Waals surface area contributed by atoms with Gasteiger partial charge in [-0.2, -0.15) is 4.39 Å². The van der Waals surface area contributed by atoms with Gasteiger partial charge in [0.25, 0.3) is 0 Å². The van der Waals surface area contributed by atoms with Crippen molar-refractivity contribution in [1.82, 2.24) is 24.9 Å². The number of hydrogen-bond acceptors (Lipinski definition) is 5. The van der Waals surface area contributed by atoms with Gasteiger partial charge in [0.15, 0.2) is 5.65 Å². The van der Waals surface area contributed by atoms with E-state index in [-0.39, 0.29) is 6.10 Å². The van der Waals surface area contributed by atoms with Crippen LogP contribution >= 0.6 is 0 Å². The van der Waals surface area contributed by atoms with Crippen molar-refractivity contribution in [2.24, 2.45) is 5.92 Å². The van der Waals surface area contributed by atoms with E-state index in [2.05, 4.69) is 27.3 Å². The number of ether oxygens (including phenoxy) is 1. The minimum Gasteiger partial charge on any atom is -0.473 e. The smallest absolute Gasteiger partial charge is 0.232 e. The van der Waals surface area contributed by atoms with Gasteiger partial charge in [-0.3, -0.25) is 0 Å². The Kier molecular flexibility index (Phi) is 4.55. The standard InChI is InChI=1S/C19H22FN5O/c1-12-8-15(10-23-19(12)20)16-11-22-17-5-6-18(24-25(16)17)26-13(2)14-4-3-7-21-9-14/h5-6,8,10-11,13-14,21H,3-4,7,9H2,1-2H3. The minimum atomic E-state index is -0.463. The summed E-state index contributed by atoms with van der Waals surface area (Å²) in [5, 5.41) is 8.00. The Morgan fingerprint density at radius 2 is 2.19 bits per heavy atom. The summed E-state index contributed by atoms with van der Waals surface area (Å²) >= 11 is 0. The van der Waals surface area contributed by atoms with Gasteiger partial charge in [0.1, 0.15) is 6.10 Å². The Morgan fingerprint density at radius 1 is 1.31 bits per heavy atom. The molecule has 0 amide bonds. The van der Waals surface area contributed by atoms with Gasteiger partial charge in [0.2, 0.25) is 11.8 Å². The van der Waals surface area contributed by atoms with Crippen molar-refractivity contribution in [2.45, 2.75) is 32.8 Å². The van der Waals surface area contributed by atoms with E-state index >= 15 is 0 Å². The van der Waals surface area contributed by atoms with Crippen molar-refractivity contribution in [3.05, 3.63) is 42.1 Å². The second-order valence-electron chi connectivity index (χ2n) is 6.85. The van der Waals surface area contributed by atoms with Gasteiger partial charge in [-0.05, 0) is 45.4 Å². The summed E-state index contributed by atoms with van der Waals surface area (Å²) in [6.07, 6.45) is 5.63. The number of imidazole rings is 1. The number of nitrogens with one attached hydrogen (secondary N) is 1. The maximum absolute atomic E-state index is 13.5. The van der Waals surface area contributed by atoms with Crippen LogP contribution in [0.5, 0.6) is 5.88 Å². The van der Waals surface area contributed by atoms with Gasteiger partial charge in [-0.15, -0.1) is 5.10 Å². The van der Waals surface area contributed by atoms with Gasteiger partial charge in [0.05, 0.1) is 11.9 Å². The van der Waals surface area contributed by atoms with Crippen molar-refractivity contribution in [3.63, 3.8) is 0 Å². The lowest BCUT2D eigenvalue weighted by atomic mass is 9.95. The molecule has 26 heavy (non-hydrogen) atoms. The molecular formula is C19H22FN5O. The number of hydrogen-bond donors (Lipinski definition) is 1. The van der Waals surface area contributed by atoms with E-state index in [0.29, 0.717) is 23.0 Å². The topological polar surface area (TPSA) is 64.3 Å². The normalized spacial score (nSPS) is 18.8. The quantitative estimate of drug-likeness (QED) is 0.729. The molecule has 0 aliphatic carbocycles. The first-order valence-corrected chi connectivity index (χ1v) is 8.96. The highest BCUT2D eigenvalue weighted by Crippen LogP contribution is 2.24. The monoisotopic (exact) mass is 355 g/mol. The van der Waals surface area contributed by atoms with Crippen LogP contribution in [0.25, 0.3) is 16.9 Å². The molecule has 4 heterocycles. The van der Waals surface area contributed by atoms with Crippen LogP contribution in [0.2, 0.25) is 0 Å². The van der Waals surface area contributed by atoms with Crippen LogP contribution in [0.15, 0.2) is 30.6 Å². The summed E-state index contributed by atoms with van der Waals surface area (Å²) in [4.78, 5) is 8.17. The third kappa shape index (κ3) is 3.26. The van der Waals surface area contributed by atoms with Crippen LogP contribution in [0, 0.1) is 18.8 Å². The Morgan fingerprint density at radius 3 is 2.96 bits per heavy atom. The third-order valence-corrected chi connectivity index (χ3v) is 4.95. The van der Waals surface area contributed by atoms with Crippen LogP contribution in [0.3, 0.4) is 0 Å². The van der Waals surface area contributed by atoms with Gasteiger partial charge in [0, 0.05) is 35.9 Å². The predicted molar refractivity (Wildman–Crippen MR) is 96.6 cm³/mol. The largest absolute Gasteiger partial charge is 0.473 e. The second-order valence-corrected chi connectivity index (χ2v) is 6.85. The maximum atomic E-state index is 13.5. The van der Waals surface area contributed by atoms with E-state index in [1.54, 1.807) is 23.7 Å². The van der Waals surface area contributed by atoms with Gasteiger partial charge in [-0.25, -0.2) is 14.5 Å². The van der Waals surface area contributed by atoms with Gasteiger partial charge in [-0.1, -0.05) is 0 Å². The molecule has 7 heteroatoms. The molecule has 1 aliphatic heterocycles. The Balaban J connectivity index is 1.62. The Bertz CT molecular complexity index is 919. The molecule has 0 aromatic carbocycles. The fraction of sp³-hybridized carbons (Fsp3) is 0.421. The molecule has 1 saturated heterocycles. The number of rotatable bonds is 4. The molecule has 3 aromatic rings. The zero-order valence-electron chi connectivity index (χ0n) is 14.9. The SMILES string of the molecule is Cc1cc(-c2cnc3ccc(OC(C)C4CCCNC4)nn23)cnc1F. The minimum absolute atomic E-state index is 0.0782. The molecule has 0 saturated carbocycles. The molecule has 1 fully saturated rings. The molecular weight excluding hydrogens is 333 g/mol. The van der Waals surface area contributed by atoms with Crippen molar-refractivity contribution in [3.8, 4) is 17.1 Å². The van der Waals surface area contributed by atoms with E-state index in [1.807, 2.05) is 12.1 Å². The molecule has 0 radical (unpaired) electrons. The first-order valence-electron chi connectivity index (χ1n) is 8.96. The fourth-order valence-electron chi connectivity index (χ4n) is 3.38. The zero-order valence-corrected chi connectivity index (χ0v) is 14.9. The van der Waals surface area contributed by atoms with Crippen LogP contribution in [0.1, 0.15) is 25.3 Å².